The Hall–Kier alpha value is -3.02. The van der Waals surface area contributed by atoms with Crippen molar-refractivity contribution in [3.05, 3.63) is 71.1 Å². The summed E-state index contributed by atoms with van der Waals surface area (Å²) in [5, 5.41) is 11.6. The Morgan fingerprint density at radius 1 is 1.12 bits per heavy atom. The average molecular weight is 428 g/mol. The van der Waals surface area contributed by atoms with Gasteiger partial charge in [0.15, 0.2) is 0 Å². The third-order valence-corrected chi connectivity index (χ3v) is 8.04. The molecule has 6 heteroatoms. The molecule has 1 spiro atoms. The van der Waals surface area contributed by atoms with Crippen molar-refractivity contribution in [1.82, 2.24) is 19.7 Å². The van der Waals surface area contributed by atoms with E-state index in [-0.39, 0.29) is 11.3 Å². The second-order valence-corrected chi connectivity index (χ2v) is 10.2. The predicted molar refractivity (Wildman–Crippen MR) is 123 cm³/mol. The van der Waals surface area contributed by atoms with E-state index in [4.69, 9.17) is 0 Å². The molecule has 2 saturated carbocycles. The normalized spacial score (nSPS) is 19.8. The van der Waals surface area contributed by atoms with Gasteiger partial charge in [-0.05, 0) is 79.7 Å². The first-order valence-electron chi connectivity index (χ1n) is 11.8. The highest BCUT2D eigenvalue weighted by atomic mass is 16.1. The Morgan fingerprint density at radius 3 is 2.75 bits per heavy atom. The van der Waals surface area contributed by atoms with Crippen LogP contribution >= 0.6 is 0 Å². The molecule has 0 saturated heterocycles. The van der Waals surface area contributed by atoms with E-state index in [1.807, 2.05) is 23.7 Å². The van der Waals surface area contributed by atoms with E-state index in [9.17, 15) is 4.79 Å². The third-order valence-electron chi connectivity index (χ3n) is 8.04. The van der Waals surface area contributed by atoms with Crippen molar-refractivity contribution in [2.75, 3.05) is 5.32 Å². The summed E-state index contributed by atoms with van der Waals surface area (Å²) in [5.74, 6) is 0.888. The molecule has 0 atom stereocenters. The molecule has 0 aliphatic heterocycles. The number of nitrogens with one attached hydrogen (secondary N) is 1. The van der Waals surface area contributed by atoms with E-state index < -0.39 is 0 Å². The van der Waals surface area contributed by atoms with Crippen molar-refractivity contribution >= 4 is 11.6 Å². The monoisotopic (exact) mass is 427 g/mol. The Bertz CT molecular complexity index is 1180. The van der Waals surface area contributed by atoms with Gasteiger partial charge in [0.05, 0.1) is 0 Å². The minimum atomic E-state index is -0.136. The Morgan fingerprint density at radius 2 is 2.00 bits per heavy atom. The number of rotatable bonds is 5. The first-order valence-corrected chi connectivity index (χ1v) is 11.8. The molecule has 32 heavy (non-hydrogen) atoms. The van der Waals surface area contributed by atoms with E-state index in [1.165, 1.54) is 43.2 Å². The van der Waals surface area contributed by atoms with Crippen molar-refractivity contribution in [3.8, 4) is 0 Å². The highest BCUT2D eigenvalue weighted by Gasteiger charge is 2.57. The van der Waals surface area contributed by atoms with Crippen molar-refractivity contribution in [2.24, 2.45) is 12.5 Å². The van der Waals surface area contributed by atoms with Crippen LogP contribution in [0.3, 0.4) is 0 Å². The van der Waals surface area contributed by atoms with Gasteiger partial charge in [-0.2, -0.15) is 0 Å². The van der Waals surface area contributed by atoms with Gasteiger partial charge in [-0.3, -0.25) is 4.79 Å². The molecule has 164 valence electrons. The molecular formula is C26H29N5O. The summed E-state index contributed by atoms with van der Waals surface area (Å²) < 4.78 is 2.03. The molecule has 1 amide bonds. The standard InChI is InChI=1S/C26H29N5O/c1-31-17-27-30-23(31)14-26(15-25(16-26)11-4-12-25)19-6-3-7-20(13-19)28-24(32)22-10-9-18-5-2-8-21(18)29-22/h3,6-7,9-10,13,17H,2,4-5,8,11-12,14-16H2,1H3,(H,28,32). The number of fused-ring (bicyclic) bond motifs is 1. The van der Waals surface area contributed by atoms with E-state index in [2.05, 4.69) is 44.8 Å². The van der Waals surface area contributed by atoms with Gasteiger partial charge < -0.3 is 9.88 Å². The highest BCUT2D eigenvalue weighted by molar-refractivity contribution is 6.03. The van der Waals surface area contributed by atoms with Crippen LogP contribution < -0.4 is 5.32 Å². The first kappa shape index (κ1) is 19.6. The van der Waals surface area contributed by atoms with Crippen LogP contribution in [0, 0.1) is 5.41 Å². The van der Waals surface area contributed by atoms with Gasteiger partial charge in [0, 0.05) is 30.3 Å². The molecular weight excluding hydrogens is 398 g/mol. The number of hydrogen-bond acceptors (Lipinski definition) is 4. The molecule has 0 radical (unpaired) electrons. The average Bonchev–Trinajstić information content (AvgIpc) is 3.37. The summed E-state index contributed by atoms with van der Waals surface area (Å²) in [6.45, 7) is 0. The van der Waals surface area contributed by atoms with Gasteiger partial charge in [0.2, 0.25) is 0 Å². The molecule has 0 unspecified atom stereocenters. The van der Waals surface area contributed by atoms with Gasteiger partial charge in [-0.1, -0.05) is 24.6 Å². The van der Waals surface area contributed by atoms with Crippen LogP contribution in [-0.2, 0) is 31.7 Å². The number of carbonyl (C=O) groups is 1. The Labute approximate surface area is 188 Å². The fourth-order valence-electron chi connectivity index (χ4n) is 6.28. The van der Waals surface area contributed by atoms with Gasteiger partial charge in [-0.25, -0.2) is 4.98 Å². The number of nitrogens with zero attached hydrogens (tertiary/aromatic N) is 4. The maximum Gasteiger partial charge on any atom is 0.274 e. The topological polar surface area (TPSA) is 72.7 Å². The zero-order valence-electron chi connectivity index (χ0n) is 18.6. The molecule has 6 rings (SSSR count). The summed E-state index contributed by atoms with van der Waals surface area (Å²) in [7, 11) is 2.01. The summed E-state index contributed by atoms with van der Waals surface area (Å²) >= 11 is 0. The maximum absolute atomic E-state index is 12.9. The Kier molecular flexibility index (Phi) is 4.46. The van der Waals surface area contributed by atoms with Crippen LogP contribution in [0.4, 0.5) is 5.69 Å². The van der Waals surface area contributed by atoms with Gasteiger partial charge >= 0.3 is 0 Å². The number of anilines is 1. The van der Waals surface area contributed by atoms with Gasteiger partial charge in [-0.15, -0.1) is 10.2 Å². The summed E-state index contributed by atoms with van der Waals surface area (Å²) in [6, 6.07) is 12.3. The predicted octanol–water partition coefficient (Wildman–Crippen LogP) is 4.40. The van der Waals surface area contributed by atoms with Gasteiger partial charge in [0.25, 0.3) is 5.91 Å². The SMILES string of the molecule is Cn1cnnc1CC1(c2cccc(NC(=O)c3ccc4c(n3)CCC4)c2)CC2(CCC2)C1. The van der Waals surface area contributed by atoms with Crippen LogP contribution in [0.2, 0.25) is 0 Å². The number of aromatic nitrogens is 4. The van der Waals surface area contributed by atoms with E-state index in [0.717, 1.165) is 42.9 Å². The smallest absolute Gasteiger partial charge is 0.274 e. The second kappa shape index (κ2) is 7.26. The lowest BCUT2D eigenvalue weighted by Gasteiger charge is -2.61. The van der Waals surface area contributed by atoms with Crippen LogP contribution in [0.25, 0.3) is 0 Å². The zero-order valence-corrected chi connectivity index (χ0v) is 18.6. The maximum atomic E-state index is 12.9. The molecule has 3 aromatic rings. The largest absolute Gasteiger partial charge is 0.321 e. The lowest BCUT2D eigenvalue weighted by atomic mass is 9.43. The van der Waals surface area contributed by atoms with Crippen molar-refractivity contribution < 1.29 is 4.79 Å². The molecule has 6 nitrogen and oxygen atoms in total. The first-order chi connectivity index (χ1) is 15.5. The lowest BCUT2D eigenvalue weighted by Crippen LogP contribution is -2.54. The number of pyridine rings is 1. The lowest BCUT2D eigenvalue weighted by molar-refractivity contribution is -0.0500. The van der Waals surface area contributed by atoms with E-state index in [1.54, 1.807) is 6.33 Å². The Balaban J connectivity index is 1.26. The summed E-state index contributed by atoms with van der Waals surface area (Å²) in [4.78, 5) is 17.5. The minimum Gasteiger partial charge on any atom is -0.321 e. The molecule has 3 aliphatic carbocycles. The highest BCUT2D eigenvalue weighted by Crippen LogP contribution is 2.65. The van der Waals surface area contributed by atoms with Gasteiger partial charge in [0.1, 0.15) is 17.8 Å². The zero-order chi connectivity index (χ0) is 21.8. The fraction of sp³-hybridized carbons (Fsp3) is 0.462. The summed E-state index contributed by atoms with van der Waals surface area (Å²) in [6.07, 6.45) is 12.2. The van der Waals surface area contributed by atoms with Crippen molar-refractivity contribution in [1.29, 1.82) is 0 Å². The van der Waals surface area contributed by atoms with E-state index in [0.29, 0.717) is 11.1 Å². The van der Waals surface area contributed by atoms with Crippen LogP contribution in [0.1, 0.15) is 71.7 Å². The van der Waals surface area contributed by atoms with Crippen LogP contribution in [0.15, 0.2) is 42.7 Å². The van der Waals surface area contributed by atoms with Crippen molar-refractivity contribution in [2.45, 2.75) is 63.2 Å². The number of hydrogen-bond donors (Lipinski definition) is 1. The second-order valence-electron chi connectivity index (χ2n) is 10.2. The van der Waals surface area contributed by atoms with Crippen LogP contribution in [0.5, 0.6) is 0 Å². The number of carbonyl (C=O) groups excluding carboxylic acids is 1. The summed E-state index contributed by atoms with van der Waals surface area (Å²) in [5.41, 5.74) is 5.57. The third kappa shape index (κ3) is 3.24. The number of aryl methyl sites for hydroxylation is 3. The molecule has 2 heterocycles. The minimum absolute atomic E-state index is 0.0633. The molecule has 1 N–H and O–H groups in total. The number of amides is 1. The molecule has 3 aliphatic rings. The van der Waals surface area contributed by atoms with Crippen LogP contribution in [-0.4, -0.2) is 25.7 Å². The molecule has 0 bridgehead atoms. The molecule has 2 fully saturated rings. The van der Waals surface area contributed by atoms with Crippen molar-refractivity contribution in [3.63, 3.8) is 0 Å². The molecule has 2 aromatic heterocycles. The quantitative estimate of drug-likeness (QED) is 0.655. The molecule has 1 aromatic carbocycles. The van der Waals surface area contributed by atoms with E-state index >= 15 is 0 Å². The number of benzene rings is 1. The fourth-order valence-corrected chi connectivity index (χ4v) is 6.28.